The lowest BCUT2D eigenvalue weighted by Gasteiger charge is -2.07. The summed E-state index contributed by atoms with van der Waals surface area (Å²) in [5.74, 6) is -0.550. The topological polar surface area (TPSA) is 58.2 Å². The van der Waals surface area contributed by atoms with E-state index >= 15 is 0 Å². The van der Waals surface area contributed by atoms with Gasteiger partial charge in [-0.25, -0.2) is 0 Å². The Morgan fingerprint density at radius 3 is 2.43 bits per heavy atom. The first-order chi connectivity index (χ1) is 10.1. The van der Waals surface area contributed by atoms with Crippen LogP contribution in [0, 0.1) is 0 Å². The highest BCUT2D eigenvalue weighted by Gasteiger charge is 2.06. The number of carbonyl (C=O) groups is 2. The Morgan fingerprint density at radius 2 is 1.71 bits per heavy atom. The summed E-state index contributed by atoms with van der Waals surface area (Å²) < 4.78 is 0.984. The Hall–Kier alpha value is -2.14. The van der Waals surface area contributed by atoms with E-state index in [0.717, 1.165) is 10.0 Å². The van der Waals surface area contributed by atoms with Crippen LogP contribution in [0.1, 0.15) is 22.3 Å². The van der Waals surface area contributed by atoms with Crippen LogP contribution >= 0.6 is 15.9 Å². The molecule has 0 saturated heterocycles. The van der Waals surface area contributed by atoms with Crippen molar-refractivity contribution in [1.82, 2.24) is 10.9 Å². The molecule has 4 nitrogen and oxygen atoms in total. The molecule has 0 saturated carbocycles. The fourth-order valence-corrected chi connectivity index (χ4v) is 2.25. The van der Waals surface area contributed by atoms with Crippen molar-refractivity contribution in [1.29, 1.82) is 0 Å². The summed E-state index contributed by atoms with van der Waals surface area (Å²) in [5.41, 5.74) is 6.38. The fraction of sp³-hybridized carbons (Fsp3) is 0.125. The lowest BCUT2D eigenvalue weighted by Crippen LogP contribution is -2.41. The van der Waals surface area contributed by atoms with Gasteiger partial charge < -0.3 is 0 Å². The monoisotopic (exact) mass is 346 g/mol. The van der Waals surface area contributed by atoms with Gasteiger partial charge in [0.05, 0.1) is 0 Å². The molecule has 108 valence electrons. The van der Waals surface area contributed by atoms with Crippen molar-refractivity contribution in [2.24, 2.45) is 0 Å². The Labute approximate surface area is 131 Å². The summed E-state index contributed by atoms with van der Waals surface area (Å²) in [5, 5.41) is 0. The number of hydrogen-bond acceptors (Lipinski definition) is 2. The molecular weight excluding hydrogens is 332 g/mol. The Bertz CT molecular complexity index is 629. The summed E-state index contributed by atoms with van der Waals surface area (Å²) in [6, 6.07) is 16.5. The second-order valence-corrected chi connectivity index (χ2v) is 5.41. The molecule has 21 heavy (non-hydrogen) atoms. The van der Waals surface area contributed by atoms with Crippen molar-refractivity contribution >= 4 is 27.7 Å². The average molecular weight is 347 g/mol. The van der Waals surface area contributed by atoms with Gasteiger partial charge in [-0.2, -0.15) is 0 Å². The van der Waals surface area contributed by atoms with E-state index in [4.69, 9.17) is 0 Å². The Kier molecular flexibility index (Phi) is 5.51. The highest BCUT2D eigenvalue weighted by molar-refractivity contribution is 9.10. The van der Waals surface area contributed by atoms with Crippen LogP contribution in [-0.2, 0) is 11.2 Å². The first kappa shape index (κ1) is 15.3. The number of benzene rings is 2. The molecule has 0 bridgehead atoms. The smallest absolute Gasteiger partial charge is 0.269 e. The molecule has 0 atom stereocenters. The minimum absolute atomic E-state index is 0.223. The Balaban J connectivity index is 1.76. The summed E-state index contributed by atoms with van der Waals surface area (Å²) >= 11 is 3.39. The fourth-order valence-electron chi connectivity index (χ4n) is 1.80. The molecule has 5 heteroatoms. The van der Waals surface area contributed by atoms with Gasteiger partial charge in [0.15, 0.2) is 0 Å². The van der Waals surface area contributed by atoms with Gasteiger partial charge in [0, 0.05) is 16.5 Å². The number of rotatable bonds is 4. The SMILES string of the molecule is O=C(CCc1cccc(Br)c1)NNC(=O)c1ccccc1. The zero-order chi connectivity index (χ0) is 15.1. The molecule has 0 fully saturated rings. The van der Waals surface area contributed by atoms with E-state index < -0.39 is 0 Å². The lowest BCUT2D eigenvalue weighted by atomic mass is 10.1. The van der Waals surface area contributed by atoms with E-state index in [-0.39, 0.29) is 11.8 Å². The maximum atomic E-state index is 11.7. The zero-order valence-corrected chi connectivity index (χ0v) is 12.9. The molecule has 0 heterocycles. The van der Waals surface area contributed by atoms with E-state index in [0.29, 0.717) is 18.4 Å². The van der Waals surface area contributed by atoms with Crippen molar-refractivity contribution in [3.05, 3.63) is 70.2 Å². The van der Waals surface area contributed by atoms with Crippen LogP contribution in [0.2, 0.25) is 0 Å². The predicted octanol–water partition coefficient (Wildman–Crippen LogP) is 2.84. The number of halogens is 1. The minimum Gasteiger partial charge on any atom is -0.273 e. The second-order valence-electron chi connectivity index (χ2n) is 4.50. The van der Waals surface area contributed by atoms with Crippen LogP contribution in [0.5, 0.6) is 0 Å². The summed E-state index contributed by atoms with van der Waals surface area (Å²) in [6.45, 7) is 0. The molecular formula is C16H15BrN2O2. The third kappa shape index (κ3) is 5.04. The number of carbonyl (C=O) groups excluding carboxylic acids is 2. The van der Waals surface area contributed by atoms with E-state index in [1.165, 1.54) is 0 Å². The quantitative estimate of drug-likeness (QED) is 0.836. The number of hydrazine groups is 1. The number of nitrogens with one attached hydrogen (secondary N) is 2. The molecule has 0 aliphatic heterocycles. The van der Waals surface area contributed by atoms with Gasteiger partial charge in [-0.3, -0.25) is 20.4 Å². The summed E-state index contributed by atoms with van der Waals surface area (Å²) in [6.07, 6.45) is 0.929. The predicted molar refractivity (Wildman–Crippen MR) is 84.5 cm³/mol. The first-order valence-electron chi connectivity index (χ1n) is 6.54. The van der Waals surface area contributed by atoms with Crippen LogP contribution in [0.25, 0.3) is 0 Å². The molecule has 2 aromatic carbocycles. The van der Waals surface area contributed by atoms with E-state index in [1.54, 1.807) is 24.3 Å². The van der Waals surface area contributed by atoms with Gasteiger partial charge in [-0.15, -0.1) is 0 Å². The summed E-state index contributed by atoms with van der Waals surface area (Å²) in [4.78, 5) is 23.4. The van der Waals surface area contributed by atoms with Crippen molar-refractivity contribution in [3.63, 3.8) is 0 Å². The van der Waals surface area contributed by atoms with Gasteiger partial charge in [0.25, 0.3) is 5.91 Å². The molecule has 0 aliphatic rings. The van der Waals surface area contributed by atoms with Gasteiger partial charge in [-0.1, -0.05) is 46.3 Å². The van der Waals surface area contributed by atoms with E-state index in [1.807, 2.05) is 30.3 Å². The maximum absolute atomic E-state index is 11.7. The molecule has 2 rings (SSSR count). The van der Waals surface area contributed by atoms with Gasteiger partial charge >= 0.3 is 0 Å². The molecule has 2 aromatic rings. The third-order valence-corrected chi connectivity index (χ3v) is 3.37. The van der Waals surface area contributed by atoms with Crippen molar-refractivity contribution < 1.29 is 9.59 Å². The second kappa shape index (κ2) is 7.59. The zero-order valence-electron chi connectivity index (χ0n) is 11.3. The van der Waals surface area contributed by atoms with Gasteiger partial charge in [-0.05, 0) is 36.2 Å². The van der Waals surface area contributed by atoms with E-state index in [2.05, 4.69) is 26.8 Å². The van der Waals surface area contributed by atoms with Crippen molar-refractivity contribution in [3.8, 4) is 0 Å². The molecule has 0 aromatic heterocycles. The Morgan fingerprint density at radius 1 is 0.952 bits per heavy atom. The number of amides is 2. The molecule has 2 N–H and O–H groups in total. The van der Waals surface area contributed by atoms with Crippen LogP contribution in [-0.4, -0.2) is 11.8 Å². The van der Waals surface area contributed by atoms with Crippen LogP contribution in [0.3, 0.4) is 0 Å². The largest absolute Gasteiger partial charge is 0.273 e. The average Bonchev–Trinajstić information content (AvgIpc) is 2.51. The number of aryl methyl sites for hydroxylation is 1. The molecule has 0 radical (unpaired) electrons. The van der Waals surface area contributed by atoms with Gasteiger partial charge in [0.1, 0.15) is 0 Å². The summed E-state index contributed by atoms with van der Waals surface area (Å²) in [7, 11) is 0. The maximum Gasteiger partial charge on any atom is 0.269 e. The lowest BCUT2D eigenvalue weighted by molar-refractivity contribution is -0.121. The standard InChI is InChI=1S/C16H15BrN2O2/c17-14-8-4-5-12(11-14)9-10-15(20)18-19-16(21)13-6-2-1-3-7-13/h1-8,11H,9-10H2,(H,18,20)(H,19,21). The normalized spacial score (nSPS) is 9.95. The highest BCUT2D eigenvalue weighted by atomic mass is 79.9. The molecule has 2 amide bonds. The van der Waals surface area contributed by atoms with Crippen LogP contribution < -0.4 is 10.9 Å². The first-order valence-corrected chi connectivity index (χ1v) is 7.33. The number of hydrogen-bond donors (Lipinski definition) is 2. The van der Waals surface area contributed by atoms with E-state index in [9.17, 15) is 9.59 Å². The van der Waals surface area contributed by atoms with Crippen LogP contribution in [0.4, 0.5) is 0 Å². The molecule has 0 spiro atoms. The van der Waals surface area contributed by atoms with Crippen molar-refractivity contribution in [2.75, 3.05) is 0 Å². The van der Waals surface area contributed by atoms with Gasteiger partial charge in [0.2, 0.25) is 5.91 Å². The highest BCUT2D eigenvalue weighted by Crippen LogP contribution is 2.12. The third-order valence-electron chi connectivity index (χ3n) is 2.88. The molecule has 0 aliphatic carbocycles. The van der Waals surface area contributed by atoms with Crippen LogP contribution in [0.15, 0.2) is 59.1 Å². The van der Waals surface area contributed by atoms with Crippen molar-refractivity contribution in [2.45, 2.75) is 12.8 Å². The minimum atomic E-state index is -0.327. The molecule has 0 unspecified atom stereocenters.